The van der Waals surface area contributed by atoms with E-state index in [-0.39, 0.29) is 16.1 Å². The first-order valence-electron chi connectivity index (χ1n) is 7.68. The molecule has 0 saturated carbocycles. The molecule has 7 nitrogen and oxygen atoms in total. The molecule has 0 fully saturated rings. The molecular weight excluding hydrogens is 390 g/mol. The summed E-state index contributed by atoms with van der Waals surface area (Å²) in [6, 6.07) is 13.7. The molecule has 0 aliphatic heterocycles. The molecule has 4 rings (SSSR count). The third kappa shape index (κ3) is 3.27. The normalized spacial score (nSPS) is 10.9. The number of rotatable bonds is 3. The summed E-state index contributed by atoms with van der Waals surface area (Å²) >= 11 is 6.99. The van der Waals surface area contributed by atoms with Crippen molar-refractivity contribution in [2.75, 3.05) is 5.32 Å². The van der Waals surface area contributed by atoms with Crippen LogP contribution in [0.25, 0.3) is 21.5 Å². The van der Waals surface area contributed by atoms with Gasteiger partial charge in [0.2, 0.25) is 5.13 Å². The molecule has 0 spiro atoms. The Bertz CT molecular complexity index is 1220. The minimum Gasteiger partial charge on any atom is -0.506 e. The molecule has 9 heteroatoms. The highest BCUT2D eigenvalue weighted by Gasteiger charge is 2.22. The molecule has 0 unspecified atom stereocenters. The van der Waals surface area contributed by atoms with Crippen molar-refractivity contribution in [3.05, 3.63) is 69.5 Å². The summed E-state index contributed by atoms with van der Waals surface area (Å²) in [6.45, 7) is 0. The highest BCUT2D eigenvalue weighted by Crippen LogP contribution is 2.30. The highest BCUT2D eigenvalue weighted by atomic mass is 35.5. The van der Waals surface area contributed by atoms with E-state index in [1.54, 1.807) is 0 Å². The van der Waals surface area contributed by atoms with Crippen molar-refractivity contribution >= 4 is 44.9 Å². The van der Waals surface area contributed by atoms with E-state index in [4.69, 9.17) is 16.0 Å². The van der Waals surface area contributed by atoms with Crippen LogP contribution in [0.5, 0.6) is 5.75 Å². The van der Waals surface area contributed by atoms with Crippen LogP contribution in [0.15, 0.2) is 57.7 Å². The van der Waals surface area contributed by atoms with Crippen LogP contribution in [0.1, 0.15) is 10.4 Å². The zero-order valence-corrected chi connectivity index (χ0v) is 15.0. The molecule has 0 saturated heterocycles. The molecule has 1 amide bonds. The van der Waals surface area contributed by atoms with Gasteiger partial charge in [0.05, 0.1) is 5.39 Å². The number of hydrogen-bond acceptors (Lipinski definition) is 7. The fourth-order valence-corrected chi connectivity index (χ4v) is 3.40. The van der Waals surface area contributed by atoms with E-state index in [9.17, 15) is 14.7 Å². The van der Waals surface area contributed by atoms with E-state index in [2.05, 4.69) is 15.5 Å². The van der Waals surface area contributed by atoms with E-state index in [0.29, 0.717) is 10.0 Å². The fraction of sp³-hybridized carbons (Fsp3) is 0. The number of carbonyl (C=O) groups is 1. The molecule has 0 atom stereocenters. The molecular formula is C18H10ClN3O4S. The summed E-state index contributed by atoms with van der Waals surface area (Å²) < 4.78 is 5.09. The highest BCUT2D eigenvalue weighted by molar-refractivity contribution is 7.18. The summed E-state index contributed by atoms with van der Waals surface area (Å²) in [6.07, 6.45) is 0. The first kappa shape index (κ1) is 17.2. The average Bonchev–Trinajstić information content (AvgIpc) is 3.10. The zero-order valence-electron chi connectivity index (χ0n) is 13.5. The number of nitrogens with zero attached hydrogens (tertiary/aromatic N) is 2. The number of aromatic nitrogens is 2. The Kier molecular flexibility index (Phi) is 4.35. The monoisotopic (exact) mass is 399 g/mol. The van der Waals surface area contributed by atoms with Gasteiger partial charge in [0.25, 0.3) is 5.91 Å². The summed E-state index contributed by atoms with van der Waals surface area (Å²) in [7, 11) is 0. The second-order valence-corrected chi connectivity index (χ2v) is 6.90. The number of amides is 1. The summed E-state index contributed by atoms with van der Waals surface area (Å²) in [5.74, 6) is -1.32. The van der Waals surface area contributed by atoms with Crippen LogP contribution in [0.3, 0.4) is 0 Å². The van der Waals surface area contributed by atoms with Gasteiger partial charge in [0.1, 0.15) is 16.3 Å². The van der Waals surface area contributed by atoms with E-state index < -0.39 is 22.8 Å². The maximum absolute atomic E-state index is 12.5. The molecule has 2 N–H and O–H groups in total. The van der Waals surface area contributed by atoms with E-state index in [1.807, 2.05) is 30.3 Å². The lowest BCUT2D eigenvalue weighted by molar-refractivity contribution is 0.102. The summed E-state index contributed by atoms with van der Waals surface area (Å²) in [5.41, 5.74) is -0.557. The molecule has 2 aromatic carbocycles. The lowest BCUT2D eigenvalue weighted by Crippen LogP contribution is -2.21. The predicted octanol–water partition coefficient (Wildman–Crippen LogP) is 3.92. The number of nitrogens with one attached hydrogen (secondary N) is 1. The number of aromatic hydroxyl groups is 1. The topological polar surface area (TPSA) is 105 Å². The smallest absolute Gasteiger partial charge is 0.353 e. The van der Waals surface area contributed by atoms with Crippen LogP contribution < -0.4 is 10.9 Å². The van der Waals surface area contributed by atoms with Crippen molar-refractivity contribution in [2.45, 2.75) is 0 Å². The van der Waals surface area contributed by atoms with Crippen molar-refractivity contribution in [1.29, 1.82) is 0 Å². The van der Waals surface area contributed by atoms with Gasteiger partial charge in [-0.15, -0.1) is 10.2 Å². The molecule has 4 aromatic rings. The molecule has 134 valence electrons. The summed E-state index contributed by atoms with van der Waals surface area (Å²) in [4.78, 5) is 24.7. The maximum Gasteiger partial charge on any atom is 0.353 e. The lowest BCUT2D eigenvalue weighted by Gasteiger charge is -2.06. The van der Waals surface area contributed by atoms with Gasteiger partial charge in [-0.1, -0.05) is 53.3 Å². The van der Waals surface area contributed by atoms with Crippen LogP contribution in [-0.2, 0) is 0 Å². The van der Waals surface area contributed by atoms with Crippen LogP contribution in [0.4, 0.5) is 5.13 Å². The third-order valence-corrected chi connectivity index (χ3v) is 4.86. The van der Waals surface area contributed by atoms with Crippen molar-refractivity contribution < 1.29 is 14.3 Å². The van der Waals surface area contributed by atoms with E-state index in [1.165, 1.54) is 18.2 Å². The fourth-order valence-electron chi connectivity index (χ4n) is 2.49. The Morgan fingerprint density at radius 3 is 2.70 bits per heavy atom. The van der Waals surface area contributed by atoms with Crippen molar-refractivity contribution in [3.8, 4) is 16.3 Å². The Morgan fingerprint density at radius 1 is 1.15 bits per heavy atom. The largest absolute Gasteiger partial charge is 0.506 e. The Morgan fingerprint density at radius 2 is 1.93 bits per heavy atom. The van der Waals surface area contributed by atoms with Crippen LogP contribution in [-0.4, -0.2) is 21.2 Å². The second kappa shape index (κ2) is 6.82. The number of anilines is 1. The quantitative estimate of drug-likeness (QED) is 0.506. The van der Waals surface area contributed by atoms with Gasteiger partial charge in [-0.05, 0) is 12.1 Å². The molecule has 0 aliphatic carbocycles. The Hall–Kier alpha value is -3.23. The van der Waals surface area contributed by atoms with Crippen molar-refractivity contribution in [1.82, 2.24) is 10.2 Å². The van der Waals surface area contributed by atoms with Crippen LogP contribution in [0.2, 0.25) is 5.02 Å². The van der Waals surface area contributed by atoms with Crippen molar-refractivity contribution in [2.24, 2.45) is 0 Å². The first-order valence-corrected chi connectivity index (χ1v) is 8.88. The van der Waals surface area contributed by atoms with E-state index in [0.717, 1.165) is 16.9 Å². The third-order valence-electron chi connectivity index (χ3n) is 3.74. The Labute approximate surface area is 160 Å². The molecule has 0 aliphatic rings. The van der Waals surface area contributed by atoms with Gasteiger partial charge >= 0.3 is 5.63 Å². The first-order chi connectivity index (χ1) is 13.0. The molecule has 2 heterocycles. The van der Waals surface area contributed by atoms with Crippen molar-refractivity contribution in [3.63, 3.8) is 0 Å². The SMILES string of the molecule is O=C(Nc1nnc(-c2ccccc2)s1)c1c(O)c2ccc(Cl)cc2oc1=O. The number of carbonyl (C=O) groups excluding carboxylic acids is 1. The van der Waals surface area contributed by atoms with E-state index >= 15 is 0 Å². The van der Waals surface area contributed by atoms with Gasteiger partial charge < -0.3 is 9.52 Å². The summed E-state index contributed by atoms with van der Waals surface area (Å²) in [5, 5.41) is 22.1. The molecule has 27 heavy (non-hydrogen) atoms. The van der Waals surface area contributed by atoms with Crippen LogP contribution in [0, 0.1) is 0 Å². The number of hydrogen-bond donors (Lipinski definition) is 2. The minimum absolute atomic E-state index is 0.0869. The average molecular weight is 400 g/mol. The van der Waals surface area contributed by atoms with Gasteiger partial charge in [-0.2, -0.15) is 0 Å². The number of fused-ring (bicyclic) bond motifs is 1. The minimum atomic E-state index is -0.979. The van der Waals surface area contributed by atoms with Crippen LogP contribution >= 0.6 is 22.9 Å². The Balaban J connectivity index is 1.67. The molecule has 0 radical (unpaired) electrons. The predicted molar refractivity (Wildman–Crippen MR) is 102 cm³/mol. The maximum atomic E-state index is 12.5. The molecule has 0 bridgehead atoms. The second-order valence-electron chi connectivity index (χ2n) is 5.49. The van der Waals surface area contributed by atoms with Gasteiger partial charge in [0, 0.05) is 16.7 Å². The van der Waals surface area contributed by atoms with Gasteiger partial charge in [-0.25, -0.2) is 4.79 Å². The lowest BCUT2D eigenvalue weighted by atomic mass is 10.1. The number of halogens is 1. The molecule has 2 aromatic heterocycles. The number of benzene rings is 2. The van der Waals surface area contributed by atoms with Gasteiger partial charge in [0.15, 0.2) is 5.56 Å². The van der Waals surface area contributed by atoms with Gasteiger partial charge in [-0.3, -0.25) is 10.1 Å². The standard InChI is InChI=1S/C18H10ClN3O4S/c19-10-6-7-11-12(8-10)26-17(25)13(14(11)23)15(24)20-18-22-21-16(27-18)9-4-2-1-3-5-9/h1-8,23H,(H,20,22,24). The zero-order chi connectivity index (χ0) is 19.0.